The molecule has 0 unspecified atom stereocenters. The molecule has 1 aromatic rings. The van der Waals surface area contributed by atoms with Crippen molar-refractivity contribution in [2.75, 3.05) is 33.4 Å². The fourth-order valence-electron chi connectivity index (χ4n) is 1.63. The number of rotatable bonds is 4. The van der Waals surface area contributed by atoms with Crippen molar-refractivity contribution in [2.45, 2.75) is 0 Å². The fourth-order valence-corrected chi connectivity index (χ4v) is 1.63. The van der Waals surface area contributed by atoms with Gasteiger partial charge in [-0.05, 0) is 24.3 Å². The van der Waals surface area contributed by atoms with Gasteiger partial charge in [0.2, 0.25) is 0 Å². The van der Waals surface area contributed by atoms with E-state index in [1.165, 1.54) is 0 Å². The van der Waals surface area contributed by atoms with Crippen LogP contribution in [0.5, 0.6) is 5.75 Å². The summed E-state index contributed by atoms with van der Waals surface area (Å²) < 4.78 is 10.3. The Labute approximate surface area is 106 Å². The number of nitrogens with zero attached hydrogens (tertiary/aromatic N) is 1. The molecule has 1 heterocycles. The average Bonchev–Trinajstić information content (AvgIpc) is 2.46. The minimum atomic E-state index is 0.0194. The van der Waals surface area contributed by atoms with E-state index in [0.29, 0.717) is 25.3 Å². The smallest absolute Gasteiger partial charge is 0.181 e. The van der Waals surface area contributed by atoms with E-state index in [1.54, 1.807) is 31.4 Å². The molecule has 0 aliphatic carbocycles. The number of carbonyl (C=O) groups is 1. The zero-order chi connectivity index (χ0) is 12.8. The molecule has 2 rings (SSSR count). The van der Waals surface area contributed by atoms with Crippen LogP contribution in [0.4, 0.5) is 0 Å². The maximum Gasteiger partial charge on any atom is 0.181 e. The highest BCUT2D eigenvalue weighted by Crippen LogP contribution is 2.11. The number of ketones is 1. The van der Waals surface area contributed by atoms with Crippen LogP contribution >= 0.6 is 0 Å². The van der Waals surface area contributed by atoms with Crippen molar-refractivity contribution in [1.29, 1.82) is 0 Å². The summed E-state index contributed by atoms with van der Waals surface area (Å²) in [6.07, 6.45) is 0. The first kappa shape index (κ1) is 12.6. The second-order valence-electron chi connectivity index (χ2n) is 3.89. The monoisotopic (exact) mass is 248 g/mol. The number of benzene rings is 1. The SMILES string of the molecule is COc1ccc(C(=O)CNC2=NCCOC2)cc1. The number of carbonyl (C=O) groups excluding carboxylic acids is 1. The third-order valence-electron chi connectivity index (χ3n) is 2.64. The van der Waals surface area contributed by atoms with E-state index in [0.717, 1.165) is 11.6 Å². The van der Waals surface area contributed by atoms with Crippen molar-refractivity contribution in [2.24, 2.45) is 4.99 Å². The lowest BCUT2D eigenvalue weighted by atomic mass is 10.1. The molecule has 1 N–H and O–H groups in total. The summed E-state index contributed by atoms with van der Waals surface area (Å²) in [5, 5.41) is 2.99. The van der Waals surface area contributed by atoms with Crippen molar-refractivity contribution >= 4 is 11.6 Å². The van der Waals surface area contributed by atoms with E-state index in [2.05, 4.69) is 10.3 Å². The van der Waals surface area contributed by atoms with Gasteiger partial charge >= 0.3 is 0 Å². The largest absolute Gasteiger partial charge is 0.497 e. The molecular weight excluding hydrogens is 232 g/mol. The topological polar surface area (TPSA) is 59.9 Å². The normalized spacial score (nSPS) is 14.8. The average molecular weight is 248 g/mol. The summed E-state index contributed by atoms with van der Waals surface area (Å²) in [6.45, 7) is 1.99. The fraction of sp³-hybridized carbons (Fsp3) is 0.385. The first-order valence-corrected chi connectivity index (χ1v) is 5.82. The number of ether oxygens (including phenoxy) is 2. The number of methoxy groups -OCH3 is 1. The van der Waals surface area contributed by atoms with Gasteiger partial charge in [0.25, 0.3) is 0 Å². The van der Waals surface area contributed by atoms with Crippen LogP contribution in [0.25, 0.3) is 0 Å². The van der Waals surface area contributed by atoms with Gasteiger partial charge in [0, 0.05) is 5.56 Å². The molecule has 0 spiro atoms. The van der Waals surface area contributed by atoms with Gasteiger partial charge in [-0.25, -0.2) is 0 Å². The van der Waals surface area contributed by atoms with Gasteiger partial charge in [-0.2, -0.15) is 0 Å². The number of Topliss-reactive ketones (excluding diaryl/α,β-unsaturated/α-hetero) is 1. The summed E-state index contributed by atoms with van der Waals surface area (Å²) >= 11 is 0. The minimum absolute atomic E-state index is 0.0194. The molecule has 0 aromatic heterocycles. The molecule has 1 aliphatic heterocycles. The lowest BCUT2D eigenvalue weighted by molar-refractivity contribution is 0.0994. The Hall–Kier alpha value is -1.88. The summed E-state index contributed by atoms with van der Waals surface area (Å²) in [5.41, 5.74) is 0.653. The lowest BCUT2D eigenvalue weighted by Crippen LogP contribution is -2.35. The van der Waals surface area contributed by atoms with Crippen LogP contribution in [0.1, 0.15) is 10.4 Å². The number of amidine groups is 1. The van der Waals surface area contributed by atoms with Crippen LogP contribution < -0.4 is 10.1 Å². The van der Waals surface area contributed by atoms with Gasteiger partial charge in [0.1, 0.15) is 18.2 Å². The van der Waals surface area contributed by atoms with Crippen molar-refractivity contribution in [3.05, 3.63) is 29.8 Å². The predicted octanol–water partition coefficient (Wildman–Crippen LogP) is 0.896. The summed E-state index contributed by atoms with van der Waals surface area (Å²) in [7, 11) is 1.60. The Morgan fingerprint density at radius 2 is 2.22 bits per heavy atom. The van der Waals surface area contributed by atoms with Gasteiger partial charge in [0.05, 0.1) is 26.8 Å². The highest BCUT2D eigenvalue weighted by molar-refractivity contribution is 6.00. The maximum atomic E-state index is 11.9. The second-order valence-corrected chi connectivity index (χ2v) is 3.89. The third-order valence-corrected chi connectivity index (χ3v) is 2.64. The highest BCUT2D eigenvalue weighted by atomic mass is 16.5. The summed E-state index contributed by atoms with van der Waals surface area (Å²) in [4.78, 5) is 16.1. The van der Waals surface area contributed by atoms with E-state index in [4.69, 9.17) is 9.47 Å². The van der Waals surface area contributed by atoms with E-state index in [9.17, 15) is 4.79 Å². The second kappa shape index (κ2) is 6.16. The van der Waals surface area contributed by atoms with Crippen molar-refractivity contribution in [3.8, 4) is 5.75 Å². The lowest BCUT2D eigenvalue weighted by Gasteiger charge is -2.14. The Kier molecular flexibility index (Phi) is 4.30. The summed E-state index contributed by atoms with van der Waals surface area (Å²) in [6, 6.07) is 7.05. The zero-order valence-electron chi connectivity index (χ0n) is 10.3. The van der Waals surface area contributed by atoms with Gasteiger partial charge in [-0.3, -0.25) is 9.79 Å². The highest BCUT2D eigenvalue weighted by Gasteiger charge is 2.09. The molecule has 1 aromatic carbocycles. The zero-order valence-corrected chi connectivity index (χ0v) is 10.3. The van der Waals surface area contributed by atoms with Gasteiger partial charge in [-0.15, -0.1) is 0 Å². The van der Waals surface area contributed by atoms with Crippen molar-refractivity contribution in [1.82, 2.24) is 5.32 Å². The van der Waals surface area contributed by atoms with Crippen LogP contribution in [-0.2, 0) is 4.74 Å². The van der Waals surface area contributed by atoms with Crippen LogP contribution in [-0.4, -0.2) is 45.0 Å². The molecule has 0 fully saturated rings. The molecule has 0 amide bonds. The van der Waals surface area contributed by atoms with E-state index in [-0.39, 0.29) is 12.3 Å². The quantitative estimate of drug-likeness (QED) is 0.804. The number of nitrogens with one attached hydrogen (secondary N) is 1. The maximum absolute atomic E-state index is 11.9. The van der Waals surface area contributed by atoms with Gasteiger partial charge in [0.15, 0.2) is 5.78 Å². The Morgan fingerprint density at radius 1 is 1.44 bits per heavy atom. The third kappa shape index (κ3) is 3.30. The molecule has 0 radical (unpaired) electrons. The number of hydrogen-bond donors (Lipinski definition) is 1. The molecular formula is C13H16N2O3. The van der Waals surface area contributed by atoms with Crippen molar-refractivity contribution in [3.63, 3.8) is 0 Å². The molecule has 18 heavy (non-hydrogen) atoms. The summed E-state index contributed by atoms with van der Waals surface area (Å²) in [5.74, 6) is 1.50. The molecule has 96 valence electrons. The van der Waals surface area contributed by atoms with E-state index >= 15 is 0 Å². The molecule has 0 saturated carbocycles. The van der Waals surface area contributed by atoms with E-state index in [1.807, 2.05) is 0 Å². The number of aliphatic imine (C=N–C) groups is 1. The van der Waals surface area contributed by atoms with Crippen LogP contribution in [0, 0.1) is 0 Å². The molecule has 0 bridgehead atoms. The van der Waals surface area contributed by atoms with Crippen LogP contribution in [0.15, 0.2) is 29.3 Å². The van der Waals surface area contributed by atoms with E-state index < -0.39 is 0 Å². The Morgan fingerprint density at radius 3 is 2.83 bits per heavy atom. The van der Waals surface area contributed by atoms with Gasteiger partial charge in [-0.1, -0.05) is 0 Å². The molecule has 1 aliphatic rings. The Bertz CT molecular complexity index is 440. The predicted molar refractivity (Wildman–Crippen MR) is 68.4 cm³/mol. The molecule has 0 saturated heterocycles. The first-order valence-electron chi connectivity index (χ1n) is 5.82. The molecule has 0 atom stereocenters. The minimum Gasteiger partial charge on any atom is -0.497 e. The van der Waals surface area contributed by atoms with Crippen LogP contribution in [0.3, 0.4) is 0 Å². The van der Waals surface area contributed by atoms with Crippen molar-refractivity contribution < 1.29 is 14.3 Å². The van der Waals surface area contributed by atoms with Crippen LogP contribution in [0.2, 0.25) is 0 Å². The first-order chi connectivity index (χ1) is 8.79. The Balaban J connectivity index is 1.88. The standard InChI is InChI=1S/C13H16N2O3/c1-17-11-4-2-10(3-5-11)12(16)8-15-13-9-18-7-6-14-13/h2-5H,6-9H2,1H3,(H,14,15). The number of hydrogen-bond acceptors (Lipinski definition) is 5. The molecule has 5 heteroatoms. The van der Waals surface area contributed by atoms with Gasteiger partial charge < -0.3 is 14.8 Å². The molecule has 5 nitrogen and oxygen atoms in total.